The van der Waals surface area contributed by atoms with E-state index in [2.05, 4.69) is 4.74 Å². The summed E-state index contributed by atoms with van der Waals surface area (Å²) in [6.07, 6.45) is 1.34. The van der Waals surface area contributed by atoms with Crippen LogP contribution in [0.3, 0.4) is 0 Å². The molecule has 0 bridgehead atoms. The zero-order valence-electron chi connectivity index (χ0n) is 10.6. The molecule has 0 aliphatic carbocycles. The highest BCUT2D eigenvalue weighted by Crippen LogP contribution is 2.24. The van der Waals surface area contributed by atoms with E-state index < -0.39 is 5.97 Å². The van der Waals surface area contributed by atoms with Gasteiger partial charge < -0.3 is 9.15 Å². The number of nitriles is 1. The van der Waals surface area contributed by atoms with Crippen molar-refractivity contribution in [1.82, 2.24) is 0 Å². The molecule has 0 aliphatic rings. The molecule has 0 fully saturated rings. The van der Waals surface area contributed by atoms with Crippen molar-refractivity contribution in [3.63, 3.8) is 0 Å². The minimum Gasteiger partial charge on any atom is -0.465 e. The van der Waals surface area contributed by atoms with E-state index in [0.29, 0.717) is 16.5 Å². The zero-order chi connectivity index (χ0) is 14.5. The minimum atomic E-state index is -0.697. The Hall–Kier alpha value is -2.51. The Labute approximate surface area is 120 Å². The number of hydrogen-bond acceptors (Lipinski definition) is 4. The average Bonchev–Trinajstić information content (AvgIpc) is 2.93. The number of halogens is 1. The van der Waals surface area contributed by atoms with E-state index in [1.54, 1.807) is 30.3 Å². The molecule has 1 heterocycles. The number of benzene rings is 1. The van der Waals surface area contributed by atoms with Crippen molar-refractivity contribution in [1.29, 1.82) is 5.26 Å². The number of carbonyl (C=O) groups is 1. The number of esters is 1. The smallest absolute Gasteiger partial charge is 0.348 e. The van der Waals surface area contributed by atoms with E-state index in [4.69, 9.17) is 21.3 Å². The van der Waals surface area contributed by atoms with Gasteiger partial charge in [-0.2, -0.15) is 5.26 Å². The lowest BCUT2D eigenvalue weighted by Gasteiger charge is -1.97. The van der Waals surface area contributed by atoms with Crippen LogP contribution in [0.1, 0.15) is 5.76 Å². The molecule has 2 aromatic rings. The molecule has 0 aliphatic heterocycles. The quantitative estimate of drug-likeness (QED) is 0.491. The Balaban J connectivity index is 2.29. The van der Waals surface area contributed by atoms with Gasteiger partial charge in [0.25, 0.3) is 0 Å². The fourth-order valence-electron chi connectivity index (χ4n) is 1.59. The molecule has 100 valence electrons. The van der Waals surface area contributed by atoms with E-state index in [9.17, 15) is 4.79 Å². The van der Waals surface area contributed by atoms with Crippen molar-refractivity contribution < 1.29 is 13.9 Å². The topological polar surface area (TPSA) is 63.2 Å². The normalized spacial score (nSPS) is 10.9. The molecule has 1 aromatic carbocycles. The Morgan fingerprint density at radius 3 is 2.60 bits per heavy atom. The van der Waals surface area contributed by atoms with Crippen LogP contribution in [0.25, 0.3) is 17.4 Å². The van der Waals surface area contributed by atoms with Gasteiger partial charge in [0, 0.05) is 16.7 Å². The fourth-order valence-corrected chi connectivity index (χ4v) is 1.71. The second kappa shape index (κ2) is 6.09. The molecular weight excluding hydrogens is 278 g/mol. The summed E-state index contributed by atoms with van der Waals surface area (Å²) in [5.74, 6) is 0.323. The molecular formula is C15H10ClNO3. The third kappa shape index (κ3) is 3.08. The first kappa shape index (κ1) is 13.9. The van der Waals surface area contributed by atoms with Gasteiger partial charge in [0.2, 0.25) is 0 Å². The predicted octanol–water partition coefficient (Wildman–Crippen LogP) is 3.68. The van der Waals surface area contributed by atoms with Crippen LogP contribution in [0.15, 0.2) is 46.4 Å². The Morgan fingerprint density at radius 1 is 1.30 bits per heavy atom. The molecule has 0 radical (unpaired) electrons. The van der Waals surface area contributed by atoms with E-state index in [1.807, 2.05) is 12.1 Å². The standard InChI is InChI=1S/C15H10ClNO3/c1-19-15(18)11(9-17)8-13-6-7-14(20-13)10-2-4-12(16)5-3-10/h2-8H,1H3. The fraction of sp³-hybridized carbons (Fsp3) is 0.0667. The zero-order valence-corrected chi connectivity index (χ0v) is 11.3. The first-order chi connectivity index (χ1) is 9.63. The Bertz CT molecular complexity index is 693. The number of methoxy groups -OCH3 is 1. The van der Waals surface area contributed by atoms with Crippen molar-refractivity contribution >= 4 is 23.6 Å². The van der Waals surface area contributed by atoms with Gasteiger partial charge in [-0.15, -0.1) is 0 Å². The van der Waals surface area contributed by atoms with Gasteiger partial charge in [0.05, 0.1) is 7.11 Å². The van der Waals surface area contributed by atoms with Crippen LogP contribution in [0.5, 0.6) is 0 Å². The molecule has 2 rings (SSSR count). The van der Waals surface area contributed by atoms with Crippen molar-refractivity contribution in [2.45, 2.75) is 0 Å². The van der Waals surface area contributed by atoms with Gasteiger partial charge in [-0.25, -0.2) is 4.79 Å². The van der Waals surface area contributed by atoms with E-state index >= 15 is 0 Å². The van der Waals surface area contributed by atoms with Crippen molar-refractivity contribution in [2.24, 2.45) is 0 Å². The van der Waals surface area contributed by atoms with Gasteiger partial charge >= 0.3 is 5.97 Å². The van der Waals surface area contributed by atoms with Crippen LogP contribution < -0.4 is 0 Å². The maximum Gasteiger partial charge on any atom is 0.348 e. The third-order valence-electron chi connectivity index (χ3n) is 2.57. The van der Waals surface area contributed by atoms with Crippen LogP contribution in [0.4, 0.5) is 0 Å². The average molecular weight is 288 g/mol. The summed E-state index contributed by atoms with van der Waals surface area (Å²) in [5, 5.41) is 9.50. The van der Waals surface area contributed by atoms with Crippen molar-refractivity contribution in [3.05, 3.63) is 52.8 Å². The summed E-state index contributed by atoms with van der Waals surface area (Å²) in [4.78, 5) is 11.3. The lowest BCUT2D eigenvalue weighted by atomic mass is 10.2. The van der Waals surface area contributed by atoms with Crippen LogP contribution in [0, 0.1) is 11.3 Å². The van der Waals surface area contributed by atoms with Gasteiger partial charge in [0.15, 0.2) is 0 Å². The molecule has 4 nitrogen and oxygen atoms in total. The SMILES string of the molecule is COC(=O)C(C#N)=Cc1ccc(-c2ccc(Cl)cc2)o1. The summed E-state index contributed by atoms with van der Waals surface area (Å²) in [6, 6.07) is 12.3. The summed E-state index contributed by atoms with van der Waals surface area (Å²) < 4.78 is 10.1. The van der Waals surface area contributed by atoms with Crippen molar-refractivity contribution in [2.75, 3.05) is 7.11 Å². The number of furan rings is 1. The molecule has 0 atom stereocenters. The van der Waals surface area contributed by atoms with Gasteiger partial charge in [-0.3, -0.25) is 0 Å². The van der Waals surface area contributed by atoms with Gasteiger partial charge in [-0.1, -0.05) is 11.6 Å². The lowest BCUT2D eigenvalue weighted by Crippen LogP contribution is -2.02. The van der Waals surface area contributed by atoms with E-state index in [1.165, 1.54) is 13.2 Å². The largest absolute Gasteiger partial charge is 0.465 e. The number of ether oxygens (including phenoxy) is 1. The van der Waals surface area contributed by atoms with Crippen LogP contribution in [-0.4, -0.2) is 13.1 Å². The molecule has 5 heteroatoms. The molecule has 1 aromatic heterocycles. The van der Waals surface area contributed by atoms with E-state index in [-0.39, 0.29) is 5.57 Å². The second-order valence-electron chi connectivity index (χ2n) is 3.87. The molecule has 0 saturated heterocycles. The molecule has 0 N–H and O–H groups in total. The van der Waals surface area contributed by atoms with Crippen LogP contribution in [-0.2, 0) is 9.53 Å². The van der Waals surface area contributed by atoms with E-state index in [0.717, 1.165) is 5.56 Å². The number of carbonyl (C=O) groups excluding carboxylic acids is 1. The van der Waals surface area contributed by atoms with Gasteiger partial charge in [-0.05, 0) is 36.4 Å². The molecule has 0 spiro atoms. The summed E-state index contributed by atoms with van der Waals surface area (Å²) >= 11 is 5.82. The molecule has 0 amide bonds. The minimum absolute atomic E-state index is 0.121. The monoisotopic (exact) mass is 287 g/mol. The third-order valence-corrected chi connectivity index (χ3v) is 2.82. The highest BCUT2D eigenvalue weighted by Gasteiger charge is 2.10. The molecule has 0 unspecified atom stereocenters. The summed E-state index contributed by atoms with van der Waals surface area (Å²) in [7, 11) is 1.22. The molecule has 0 saturated carbocycles. The highest BCUT2D eigenvalue weighted by molar-refractivity contribution is 6.30. The van der Waals surface area contributed by atoms with Gasteiger partial charge in [0.1, 0.15) is 23.2 Å². The number of rotatable bonds is 3. The second-order valence-corrected chi connectivity index (χ2v) is 4.31. The van der Waals surface area contributed by atoms with Crippen LogP contribution in [0.2, 0.25) is 5.02 Å². The predicted molar refractivity (Wildman–Crippen MR) is 74.8 cm³/mol. The van der Waals surface area contributed by atoms with Crippen LogP contribution >= 0.6 is 11.6 Å². The summed E-state index contributed by atoms with van der Waals surface area (Å²) in [6.45, 7) is 0. The Morgan fingerprint density at radius 2 is 2.00 bits per heavy atom. The Kier molecular flexibility index (Phi) is 4.24. The van der Waals surface area contributed by atoms with Crippen molar-refractivity contribution in [3.8, 4) is 17.4 Å². The maximum atomic E-state index is 11.3. The summed E-state index contributed by atoms with van der Waals surface area (Å²) in [5.41, 5.74) is 0.732. The molecule has 20 heavy (non-hydrogen) atoms. The first-order valence-corrected chi connectivity index (χ1v) is 6.07. The lowest BCUT2D eigenvalue weighted by molar-refractivity contribution is -0.135. The number of hydrogen-bond donors (Lipinski definition) is 0. The first-order valence-electron chi connectivity index (χ1n) is 5.70. The maximum absolute atomic E-state index is 11.3. The number of nitrogens with zero attached hydrogens (tertiary/aromatic N) is 1. The highest BCUT2D eigenvalue weighted by atomic mass is 35.5.